The Hall–Kier alpha value is 0.180. The van der Waals surface area contributed by atoms with Crippen LogP contribution < -0.4 is 0 Å². The zero-order valence-corrected chi connectivity index (χ0v) is 23.4. The minimum absolute atomic E-state index is 0.0230. The number of alkyl halides is 1. The van der Waals surface area contributed by atoms with E-state index >= 15 is 0 Å². The van der Waals surface area contributed by atoms with Gasteiger partial charge in [-0.3, -0.25) is 13.8 Å². The first-order valence-electron chi connectivity index (χ1n) is 12.7. The van der Waals surface area contributed by atoms with Crippen molar-refractivity contribution in [1.82, 2.24) is 0 Å². The molecule has 0 rings (SSSR count). The second-order valence-electron chi connectivity index (χ2n) is 8.54. The summed E-state index contributed by atoms with van der Waals surface area (Å²) in [6, 6.07) is 0. The van der Waals surface area contributed by atoms with E-state index in [0.29, 0.717) is 11.8 Å². The van der Waals surface area contributed by atoms with Gasteiger partial charge in [-0.1, -0.05) is 106 Å². The first-order valence-corrected chi connectivity index (χ1v) is 15.4. The molecule has 9 heteroatoms. The number of rotatable bonds is 26. The fourth-order valence-electron chi connectivity index (χ4n) is 3.44. The van der Waals surface area contributed by atoms with Crippen molar-refractivity contribution in [2.45, 2.75) is 109 Å². The quantitative estimate of drug-likeness (QED) is 0.0694. The summed E-state index contributed by atoms with van der Waals surface area (Å²) in [5.74, 6) is 0.0678. The van der Waals surface area contributed by atoms with Crippen LogP contribution >= 0.6 is 23.8 Å². The molecule has 0 aliphatic heterocycles. The van der Waals surface area contributed by atoms with E-state index < -0.39 is 13.9 Å². The average Bonchev–Trinajstić information content (AvgIpc) is 2.80. The fraction of sp³-hybridized carbons (Fsp3) is 0.958. The minimum Gasteiger partial charge on any atom is -0.377 e. The van der Waals surface area contributed by atoms with Crippen molar-refractivity contribution in [2.75, 3.05) is 38.9 Å². The molecule has 0 bridgehead atoms. The zero-order chi connectivity index (χ0) is 24.6. The van der Waals surface area contributed by atoms with Gasteiger partial charge in [-0.25, -0.2) is 4.57 Å². The molecule has 0 fully saturated rings. The number of phosphoric acid groups is 1. The highest BCUT2D eigenvalue weighted by atomic mass is 79.9. The molecule has 0 spiro atoms. The Balaban J connectivity index is 3.53. The largest absolute Gasteiger partial charge is 0.472 e. The second-order valence-corrected chi connectivity index (χ2v) is 10.8. The van der Waals surface area contributed by atoms with E-state index in [1.165, 1.54) is 84.2 Å². The lowest BCUT2D eigenvalue weighted by atomic mass is 10.0. The van der Waals surface area contributed by atoms with E-state index in [1.54, 1.807) is 0 Å². The van der Waals surface area contributed by atoms with Crippen LogP contribution in [0.15, 0.2) is 0 Å². The Morgan fingerprint density at radius 3 is 1.85 bits per heavy atom. The van der Waals surface area contributed by atoms with Crippen molar-refractivity contribution in [3.8, 4) is 0 Å². The summed E-state index contributed by atoms with van der Waals surface area (Å²) in [6.45, 7) is 2.30. The van der Waals surface area contributed by atoms with Gasteiger partial charge in [-0.15, -0.1) is 0 Å². The Kier molecular flexibility index (Phi) is 24.0. The topological polar surface area (TPSA) is 91.3 Å². The summed E-state index contributed by atoms with van der Waals surface area (Å²) >= 11 is 3.11. The molecule has 2 atom stereocenters. The van der Waals surface area contributed by atoms with Gasteiger partial charge < -0.3 is 14.4 Å². The van der Waals surface area contributed by atoms with E-state index in [-0.39, 0.29) is 32.2 Å². The Morgan fingerprint density at radius 2 is 1.36 bits per heavy atom. The first-order chi connectivity index (χ1) is 15.9. The van der Waals surface area contributed by atoms with Crippen molar-refractivity contribution < 1.29 is 32.8 Å². The minimum atomic E-state index is -4.10. The number of halogens is 1. The molecule has 1 N–H and O–H groups in total. The summed E-state index contributed by atoms with van der Waals surface area (Å²) in [6.07, 6.45) is 18.1. The molecule has 0 saturated heterocycles. The van der Waals surface area contributed by atoms with Crippen molar-refractivity contribution in [3.63, 3.8) is 0 Å². The number of phosphoric ester groups is 1. The maximum atomic E-state index is 12.0. The van der Waals surface area contributed by atoms with Crippen molar-refractivity contribution in [3.05, 3.63) is 0 Å². The number of ketones is 1. The predicted octanol–water partition coefficient (Wildman–Crippen LogP) is 6.99. The molecule has 0 aromatic heterocycles. The third-order valence-electron chi connectivity index (χ3n) is 5.46. The molecule has 198 valence electrons. The monoisotopic (exact) mass is 558 g/mol. The molecule has 7 nitrogen and oxygen atoms in total. The second kappa shape index (κ2) is 23.9. The van der Waals surface area contributed by atoms with Crippen molar-refractivity contribution in [1.29, 1.82) is 0 Å². The Morgan fingerprint density at radius 1 is 0.848 bits per heavy atom. The van der Waals surface area contributed by atoms with Crippen LogP contribution in [-0.2, 0) is 27.9 Å². The van der Waals surface area contributed by atoms with Gasteiger partial charge in [-0.2, -0.15) is 0 Å². The molecule has 0 radical (unpaired) electrons. The lowest BCUT2D eigenvalue weighted by Gasteiger charge is -2.17. The van der Waals surface area contributed by atoms with Crippen LogP contribution in [0.1, 0.15) is 103 Å². The van der Waals surface area contributed by atoms with Crippen LogP contribution in [0.2, 0.25) is 0 Å². The maximum absolute atomic E-state index is 12.0. The Bertz CT molecular complexity index is 493. The number of carbonyl (C=O) groups excluding carboxylic acids is 1. The molecular formula is C24H48BrO7P. The van der Waals surface area contributed by atoms with Crippen molar-refractivity contribution >= 4 is 29.5 Å². The van der Waals surface area contributed by atoms with Crippen LogP contribution in [0, 0.1) is 0 Å². The molecule has 0 saturated carbocycles. The van der Waals surface area contributed by atoms with E-state index in [2.05, 4.69) is 22.9 Å². The van der Waals surface area contributed by atoms with Gasteiger partial charge in [0.2, 0.25) is 0 Å². The molecule has 33 heavy (non-hydrogen) atoms. The molecular weight excluding hydrogens is 511 g/mol. The highest BCUT2D eigenvalue weighted by Crippen LogP contribution is 2.43. The van der Waals surface area contributed by atoms with Gasteiger partial charge in [0.05, 0.1) is 19.8 Å². The lowest BCUT2D eigenvalue weighted by molar-refractivity contribution is -0.125. The van der Waals surface area contributed by atoms with E-state index in [9.17, 15) is 14.3 Å². The van der Waals surface area contributed by atoms with Crippen LogP contribution in [0.25, 0.3) is 0 Å². The summed E-state index contributed by atoms with van der Waals surface area (Å²) in [4.78, 5) is 21.5. The number of ether oxygens (including phenoxy) is 2. The molecule has 0 aromatic carbocycles. The average molecular weight is 560 g/mol. The highest BCUT2D eigenvalue weighted by molar-refractivity contribution is 9.09. The van der Waals surface area contributed by atoms with Gasteiger partial charge in [-0.05, 0) is 6.42 Å². The fourth-order valence-corrected chi connectivity index (χ4v) is 4.60. The molecule has 2 unspecified atom stereocenters. The molecule has 0 aliphatic carbocycles. The molecule has 0 heterocycles. The van der Waals surface area contributed by atoms with E-state index in [1.807, 2.05) is 0 Å². The normalized spacial score (nSPS) is 14.3. The summed E-state index contributed by atoms with van der Waals surface area (Å²) in [5.41, 5.74) is 0. The van der Waals surface area contributed by atoms with Crippen molar-refractivity contribution in [2.24, 2.45) is 0 Å². The standard InChI is InChI=1S/C24H48BrO7P/c1-3-4-5-6-7-8-9-10-11-12-13-14-15-16-17-23(26)20-30-21-24(29-2)22-32-33(27,28)31-19-18-25/h24H,3-22H2,1-2H3,(H,27,28). The number of carbonyl (C=O) groups is 1. The Labute approximate surface area is 210 Å². The molecule has 0 aliphatic rings. The van der Waals surface area contributed by atoms with Gasteiger partial charge in [0.15, 0.2) is 5.78 Å². The summed E-state index contributed by atoms with van der Waals surface area (Å²) in [5, 5.41) is 0.430. The SMILES string of the molecule is CCCCCCCCCCCCCCCCC(=O)COCC(COP(=O)(O)OCCBr)OC. The first kappa shape index (κ1) is 33.2. The smallest absolute Gasteiger partial charge is 0.377 e. The molecule has 0 aromatic rings. The number of Topliss-reactive ketones (excluding diaryl/α,β-unsaturated/α-hetero) is 1. The summed E-state index contributed by atoms with van der Waals surface area (Å²) < 4.78 is 31.8. The van der Waals surface area contributed by atoms with E-state index in [4.69, 9.17) is 18.5 Å². The van der Waals surface area contributed by atoms with Gasteiger partial charge in [0.1, 0.15) is 12.7 Å². The third kappa shape index (κ3) is 23.7. The zero-order valence-electron chi connectivity index (χ0n) is 20.9. The van der Waals surface area contributed by atoms with E-state index in [0.717, 1.165) is 12.8 Å². The number of unbranched alkanes of at least 4 members (excludes halogenated alkanes) is 13. The van der Waals surface area contributed by atoms with Crippen LogP contribution in [-0.4, -0.2) is 55.6 Å². The lowest BCUT2D eigenvalue weighted by Crippen LogP contribution is -2.25. The number of hydrogen-bond donors (Lipinski definition) is 1. The van der Waals surface area contributed by atoms with Gasteiger partial charge in [0.25, 0.3) is 0 Å². The third-order valence-corrected chi connectivity index (χ3v) is 6.77. The van der Waals surface area contributed by atoms with Gasteiger partial charge in [0, 0.05) is 18.9 Å². The van der Waals surface area contributed by atoms with Crippen LogP contribution in [0.3, 0.4) is 0 Å². The maximum Gasteiger partial charge on any atom is 0.472 e. The number of hydrogen-bond acceptors (Lipinski definition) is 6. The highest BCUT2D eigenvalue weighted by Gasteiger charge is 2.23. The summed E-state index contributed by atoms with van der Waals surface area (Å²) in [7, 11) is -2.65. The number of methoxy groups -OCH3 is 1. The van der Waals surface area contributed by atoms with Crippen LogP contribution in [0.4, 0.5) is 0 Å². The molecule has 0 amide bonds. The van der Waals surface area contributed by atoms with Crippen LogP contribution in [0.5, 0.6) is 0 Å². The predicted molar refractivity (Wildman–Crippen MR) is 137 cm³/mol. The van der Waals surface area contributed by atoms with Gasteiger partial charge >= 0.3 is 7.82 Å².